The second kappa shape index (κ2) is 4.34. The molecule has 0 N–H and O–H groups in total. The maximum absolute atomic E-state index is 10.9. The molecule has 65 valence electrons. The molecule has 0 aromatic rings. The highest BCUT2D eigenvalue weighted by Gasteiger charge is 2.15. The molecule has 0 amide bonds. The molecule has 0 bridgehead atoms. The average molecular weight is 158 g/mol. The molecule has 11 heavy (non-hydrogen) atoms. The van der Waals surface area contributed by atoms with Crippen LogP contribution in [0, 0.1) is 0 Å². The van der Waals surface area contributed by atoms with Crippen LogP contribution in [0.2, 0.25) is 0 Å². The maximum Gasteiger partial charge on any atom is 0.307 e. The van der Waals surface area contributed by atoms with Crippen molar-refractivity contribution in [1.29, 1.82) is 0 Å². The summed E-state index contributed by atoms with van der Waals surface area (Å²) in [7, 11) is 1.68. The monoisotopic (exact) mass is 158 g/mol. The highest BCUT2D eigenvalue weighted by atomic mass is 16.6. The first-order valence-electron chi connectivity index (χ1n) is 3.73. The predicted octanol–water partition coefficient (Wildman–Crippen LogP) is 0.952. The summed E-state index contributed by atoms with van der Waals surface area (Å²) in [4.78, 5) is 10.9. The summed E-state index contributed by atoms with van der Waals surface area (Å²) in [5, 5.41) is 3.80. The predicted molar refractivity (Wildman–Crippen MR) is 43.4 cm³/mol. The second-order valence-corrected chi connectivity index (χ2v) is 3.38. The number of hydrogen-bond acceptors (Lipinski definition) is 2. The minimum atomic E-state index is -0.370. The van der Waals surface area contributed by atoms with E-state index in [1.807, 2.05) is 20.8 Å². The lowest BCUT2D eigenvalue weighted by molar-refractivity contribution is -0.154. The van der Waals surface area contributed by atoms with E-state index in [9.17, 15) is 4.79 Å². The van der Waals surface area contributed by atoms with Gasteiger partial charge in [-0.15, -0.1) is 0 Å². The third-order valence-corrected chi connectivity index (χ3v) is 0.960. The van der Waals surface area contributed by atoms with Gasteiger partial charge in [-0.25, -0.2) is 5.32 Å². The van der Waals surface area contributed by atoms with E-state index in [1.54, 1.807) is 7.05 Å². The van der Waals surface area contributed by atoms with Crippen LogP contribution in [-0.4, -0.2) is 25.2 Å². The fraction of sp³-hybridized carbons (Fsp3) is 0.875. The van der Waals surface area contributed by atoms with E-state index in [2.05, 4.69) is 5.32 Å². The summed E-state index contributed by atoms with van der Waals surface area (Å²) in [6, 6.07) is 0. The lowest BCUT2D eigenvalue weighted by atomic mass is 10.2. The number of hydrogen-bond donors (Lipinski definition) is 0. The van der Waals surface area contributed by atoms with Crippen molar-refractivity contribution in [2.24, 2.45) is 0 Å². The van der Waals surface area contributed by atoms with Crippen LogP contribution in [0.1, 0.15) is 27.2 Å². The van der Waals surface area contributed by atoms with E-state index < -0.39 is 0 Å². The Morgan fingerprint density at radius 2 is 2.00 bits per heavy atom. The van der Waals surface area contributed by atoms with Crippen LogP contribution in [0.3, 0.4) is 0 Å². The average Bonchev–Trinajstić information content (AvgIpc) is 1.79. The molecule has 0 aliphatic carbocycles. The lowest BCUT2D eigenvalue weighted by Crippen LogP contribution is -2.25. The summed E-state index contributed by atoms with van der Waals surface area (Å²) in [6.45, 7) is 6.12. The minimum absolute atomic E-state index is 0.178. The Bertz CT molecular complexity index is 127. The molecule has 0 aromatic carbocycles. The molecular weight excluding hydrogens is 142 g/mol. The SMILES string of the molecule is C[N]CCC(=O)OC(C)(C)C. The highest BCUT2D eigenvalue weighted by molar-refractivity contribution is 5.70. The zero-order chi connectivity index (χ0) is 8.91. The number of esters is 1. The Balaban J connectivity index is 3.53. The topological polar surface area (TPSA) is 40.4 Å². The number of carbonyl (C=O) groups excluding carboxylic acids is 1. The standard InChI is InChI=1S/C8H16NO2/c1-8(2,3)11-7(10)5-6-9-4/h5-6H2,1-4H3. The maximum atomic E-state index is 10.9. The molecule has 0 spiro atoms. The summed E-state index contributed by atoms with van der Waals surface area (Å²) >= 11 is 0. The molecule has 3 nitrogen and oxygen atoms in total. The molecule has 0 saturated carbocycles. The van der Waals surface area contributed by atoms with E-state index in [1.165, 1.54) is 0 Å². The van der Waals surface area contributed by atoms with Crippen LogP contribution in [-0.2, 0) is 9.53 Å². The molecule has 0 fully saturated rings. The van der Waals surface area contributed by atoms with Crippen LogP contribution < -0.4 is 5.32 Å². The first-order valence-corrected chi connectivity index (χ1v) is 3.73. The van der Waals surface area contributed by atoms with Gasteiger partial charge in [0, 0.05) is 13.6 Å². The molecule has 0 aliphatic heterocycles. The van der Waals surface area contributed by atoms with Crippen LogP contribution in [0.25, 0.3) is 0 Å². The third kappa shape index (κ3) is 7.33. The summed E-state index contributed by atoms with van der Waals surface area (Å²) in [5.74, 6) is -0.178. The Hall–Kier alpha value is -0.570. The molecule has 0 aromatic heterocycles. The van der Waals surface area contributed by atoms with Gasteiger partial charge >= 0.3 is 5.97 Å². The third-order valence-electron chi connectivity index (χ3n) is 0.960. The van der Waals surface area contributed by atoms with Crippen LogP contribution in [0.5, 0.6) is 0 Å². The van der Waals surface area contributed by atoms with Crippen LogP contribution in [0.15, 0.2) is 0 Å². The Morgan fingerprint density at radius 1 is 1.45 bits per heavy atom. The van der Waals surface area contributed by atoms with Crippen LogP contribution in [0.4, 0.5) is 0 Å². The van der Waals surface area contributed by atoms with Crippen molar-refractivity contribution >= 4 is 5.97 Å². The first kappa shape index (κ1) is 10.4. The van der Waals surface area contributed by atoms with Crippen molar-refractivity contribution in [1.82, 2.24) is 5.32 Å². The van der Waals surface area contributed by atoms with E-state index in [4.69, 9.17) is 4.74 Å². The largest absolute Gasteiger partial charge is 0.460 e. The first-order chi connectivity index (χ1) is 4.95. The molecule has 0 aliphatic rings. The summed E-state index contributed by atoms with van der Waals surface area (Å²) < 4.78 is 5.04. The van der Waals surface area contributed by atoms with Crippen molar-refractivity contribution in [3.63, 3.8) is 0 Å². The van der Waals surface area contributed by atoms with Crippen molar-refractivity contribution in [3.05, 3.63) is 0 Å². The van der Waals surface area contributed by atoms with E-state index in [0.717, 1.165) is 0 Å². The number of carbonyl (C=O) groups is 1. The molecule has 3 heteroatoms. The number of rotatable bonds is 3. The fourth-order valence-electron chi connectivity index (χ4n) is 0.596. The van der Waals surface area contributed by atoms with Gasteiger partial charge in [0.15, 0.2) is 0 Å². The van der Waals surface area contributed by atoms with E-state index in [-0.39, 0.29) is 11.6 Å². The number of ether oxygens (including phenoxy) is 1. The Morgan fingerprint density at radius 3 is 2.36 bits per heavy atom. The molecule has 0 saturated heterocycles. The molecule has 0 atom stereocenters. The highest BCUT2D eigenvalue weighted by Crippen LogP contribution is 2.07. The van der Waals surface area contributed by atoms with Gasteiger partial charge in [0.25, 0.3) is 0 Å². The Labute approximate surface area is 68.1 Å². The van der Waals surface area contributed by atoms with E-state index >= 15 is 0 Å². The van der Waals surface area contributed by atoms with Crippen molar-refractivity contribution in [2.75, 3.05) is 13.6 Å². The molecule has 1 radical (unpaired) electrons. The fourth-order valence-corrected chi connectivity index (χ4v) is 0.596. The second-order valence-electron chi connectivity index (χ2n) is 3.38. The van der Waals surface area contributed by atoms with Gasteiger partial charge in [0.1, 0.15) is 5.60 Å². The van der Waals surface area contributed by atoms with Crippen molar-refractivity contribution < 1.29 is 9.53 Å². The van der Waals surface area contributed by atoms with Gasteiger partial charge < -0.3 is 4.74 Å². The quantitative estimate of drug-likeness (QED) is 0.574. The van der Waals surface area contributed by atoms with Gasteiger partial charge in [-0.05, 0) is 20.8 Å². The smallest absolute Gasteiger partial charge is 0.307 e. The summed E-state index contributed by atoms with van der Waals surface area (Å²) in [5.41, 5.74) is -0.370. The molecule has 0 heterocycles. The van der Waals surface area contributed by atoms with Crippen LogP contribution >= 0.6 is 0 Å². The van der Waals surface area contributed by atoms with E-state index in [0.29, 0.717) is 13.0 Å². The molecule has 0 rings (SSSR count). The minimum Gasteiger partial charge on any atom is -0.460 e. The van der Waals surface area contributed by atoms with Crippen molar-refractivity contribution in [3.8, 4) is 0 Å². The van der Waals surface area contributed by atoms with Gasteiger partial charge in [0.2, 0.25) is 0 Å². The van der Waals surface area contributed by atoms with Gasteiger partial charge in [-0.1, -0.05) is 0 Å². The summed E-state index contributed by atoms with van der Waals surface area (Å²) in [6.07, 6.45) is 0.383. The van der Waals surface area contributed by atoms with Gasteiger partial charge in [0.05, 0.1) is 6.42 Å². The Kier molecular flexibility index (Phi) is 4.11. The van der Waals surface area contributed by atoms with Gasteiger partial charge in [-0.2, -0.15) is 0 Å². The zero-order valence-corrected chi connectivity index (χ0v) is 7.68. The van der Waals surface area contributed by atoms with Gasteiger partial charge in [-0.3, -0.25) is 4.79 Å². The normalized spacial score (nSPS) is 11.3. The lowest BCUT2D eigenvalue weighted by Gasteiger charge is -2.19. The molecular formula is C8H16NO2. The van der Waals surface area contributed by atoms with Crippen molar-refractivity contribution in [2.45, 2.75) is 32.8 Å². The molecule has 0 unspecified atom stereocenters. The number of nitrogens with zero attached hydrogens (tertiary/aromatic N) is 1. The zero-order valence-electron chi connectivity index (χ0n) is 7.68.